The second-order valence-corrected chi connectivity index (χ2v) is 6.34. The van der Waals surface area contributed by atoms with Gasteiger partial charge in [-0.2, -0.15) is 0 Å². The molecule has 2 aliphatic rings. The molecule has 1 unspecified atom stereocenters. The van der Waals surface area contributed by atoms with Crippen molar-refractivity contribution in [3.05, 3.63) is 24.3 Å². The summed E-state index contributed by atoms with van der Waals surface area (Å²) >= 11 is 0. The molecule has 1 aromatic carbocycles. The van der Waals surface area contributed by atoms with Gasteiger partial charge in [0.1, 0.15) is 11.9 Å². The van der Waals surface area contributed by atoms with Crippen molar-refractivity contribution < 1.29 is 4.74 Å². The monoisotopic (exact) mass is 274 g/mol. The summed E-state index contributed by atoms with van der Waals surface area (Å²) in [6.07, 6.45) is 7.37. The summed E-state index contributed by atoms with van der Waals surface area (Å²) in [6, 6.07) is 8.21. The summed E-state index contributed by atoms with van der Waals surface area (Å²) in [4.78, 5) is 2.45. The number of nitrogens with one attached hydrogen (secondary N) is 1. The normalized spacial score (nSPS) is 23.0. The van der Waals surface area contributed by atoms with Gasteiger partial charge in [-0.15, -0.1) is 0 Å². The molecule has 1 N–H and O–H groups in total. The van der Waals surface area contributed by atoms with Crippen molar-refractivity contribution in [2.24, 2.45) is 5.92 Å². The summed E-state index contributed by atoms with van der Waals surface area (Å²) in [6.45, 7) is 3.14. The number of benzene rings is 1. The smallest absolute Gasteiger partial charge is 0.142 e. The van der Waals surface area contributed by atoms with Gasteiger partial charge in [0.15, 0.2) is 0 Å². The molecule has 3 heteroatoms. The number of fused-ring (bicyclic) bond motifs is 1. The van der Waals surface area contributed by atoms with Crippen LogP contribution in [0, 0.1) is 5.92 Å². The quantitative estimate of drug-likeness (QED) is 0.911. The standard InChI is InChI=1S/C17H26N2O/c1-19(12-14-7-3-2-4-8-14)13-15-11-18-16-9-5-6-10-17(16)20-15/h5-6,9-10,14-15,18H,2-4,7-8,11-13H2,1H3. The van der Waals surface area contributed by atoms with Crippen LogP contribution in [0.4, 0.5) is 5.69 Å². The van der Waals surface area contributed by atoms with Crippen molar-refractivity contribution in [3.63, 3.8) is 0 Å². The number of ether oxygens (including phenoxy) is 1. The predicted molar refractivity (Wildman–Crippen MR) is 83.4 cm³/mol. The molecule has 0 spiro atoms. The molecule has 0 aromatic heterocycles. The van der Waals surface area contributed by atoms with Crippen LogP contribution in [0.5, 0.6) is 5.75 Å². The average molecular weight is 274 g/mol. The third-order valence-electron chi connectivity index (χ3n) is 4.51. The van der Waals surface area contributed by atoms with Gasteiger partial charge in [0.05, 0.1) is 12.2 Å². The number of nitrogens with zero attached hydrogens (tertiary/aromatic N) is 1. The summed E-state index contributed by atoms with van der Waals surface area (Å²) in [7, 11) is 2.23. The molecule has 1 atom stereocenters. The maximum absolute atomic E-state index is 6.09. The van der Waals surface area contributed by atoms with E-state index >= 15 is 0 Å². The molecule has 3 nitrogen and oxygen atoms in total. The molecule has 1 fully saturated rings. The zero-order valence-electron chi connectivity index (χ0n) is 12.5. The number of para-hydroxylation sites is 2. The third-order valence-corrected chi connectivity index (χ3v) is 4.51. The van der Waals surface area contributed by atoms with Gasteiger partial charge < -0.3 is 15.0 Å². The van der Waals surface area contributed by atoms with Crippen molar-refractivity contribution in [1.29, 1.82) is 0 Å². The molecule has 3 rings (SSSR count). The van der Waals surface area contributed by atoms with Crippen LogP contribution >= 0.6 is 0 Å². The summed E-state index contributed by atoms with van der Waals surface area (Å²) in [5.74, 6) is 1.90. The molecular formula is C17H26N2O. The maximum Gasteiger partial charge on any atom is 0.142 e. The molecule has 1 saturated carbocycles. The average Bonchev–Trinajstić information content (AvgIpc) is 2.48. The van der Waals surface area contributed by atoms with E-state index in [4.69, 9.17) is 4.74 Å². The lowest BCUT2D eigenvalue weighted by Crippen LogP contribution is -2.41. The zero-order chi connectivity index (χ0) is 13.8. The predicted octanol–water partition coefficient (Wildman–Crippen LogP) is 3.37. The van der Waals surface area contributed by atoms with Gasteiger partial charge >= 0.3 is 0 Å². The third kappa shape index (κ3) is 3.45. The molecule has 1 heterocycles. The Balaban J connectivity index is 1.48. The fraction of sp³-hybridized carbons (Fsp3) is 0.647. The van der Waals surface area contributed by atoms with E-state index in [1.807, 2.05) is 12.1 Å². The Bertz CT molecular complexity index is 429. The number of rotatable bonds is 4. The van der Waals surface area contributed by atoms with E-state index in [2.05, 4.69) is 29.4 Å². The highest BCUT2D eigenvalue weighted by atomic mass is 16.5. The van der Waals surface area contributed by atoms with Crippen LogP contribution in [0.25, 0.3) is 0 Å². The van der Waals surface area contributed by atoms with Gasteiger partial charge in [0.2, 0.25) is 0 Å². The van der Waals surface area contributed by atoms with Crippen LogP contribution in [0.1, 0.15) is 32.1 Å². The minimum Gasteiger partial charge on any atom is -0.485 e. The molecule has 20 heavy (non-hydrogen) atoms. The Kier molecular flexibility index (Phi) is 4.46. The molecule has 0 bridgehead atoms. The second kappa shape index (κ2) is 6.49. The number of hydrogen-bond acceptors (Lipinski definition) is 3. The minimum absolute atomic E-state index is 0.262. The molecule has 1 aromatic rings. The summed E-state index contributed by atoms with van der Waals surface area (Å²) in [5.41, 5.74) is 1.12. The van der Waals surface area contributed by atoms with Crippen LogP contribution in [0.3, 0.4) is 0 Å². The second-order valence-electron chi connectivity index (χ2n) is 6.34. The largest absolute Gasteiger partial charge is 0.485 e. The molecule has 110 valence electrons. The Hall–Kier alpha value is -1.22. The Morgan fingerprint density at radius 2 is 1.95 bits per heavy atom. The highest BCUT2D eigenvalue weighted by molar-refractivity contribution is 5.57. The van der Waals surface area contributed by atoms with Crippen molar-refractivity contribution in [1.82, 2.24) is 4.90 Å². The maximum atomic E-state index is 6.09. The van der Waals surface area contributed by atoms with E-state index in [1.165, 1.54) is 38.6 Å². The van der Waals surface area contributed by atoms with Crippen LogP contribution in [0.2, 0.25) is 0 Å². The lowest BCUT2D eigenvalue weighted by molar-refractivity contribution is 0.134. The zero-order valence-corrected chi connectivity index (χ0v) is 12.5. The highest BCUT2D eigenvalue weighted by Gasteiger charge is 2.22. The van der Waals surface area contributed by atoms with Crippen molar-refractivity contribution in [2.75, 3.05) is 32.0 Å². The van der Waals surface area contributed by atoms with E-state index in [0.29, 0.717) is 0 Å². The SMILES string of the molecule is CN(CC1CCCCC1)CC1CNc2ccccc2O1. The van der Waals surface area contributed by atoms with E-state index in [1.54, 1.807) is 0 Å². The highest BCUT2D eigenvalue weighted by Crippen LogP contribution is 2.29. The van der Waals surface area contributed by atoms with E-state index in [9.17, 15) is 0 Å². The number of hydrogen-bond donors (Lipinski definition) is 1. The van der Waals surface area contributed by atoms with Crippen LogP contribution in [-0.2, 0) is 0 Å². The van der Waals surface area contributed by atoms with E-state index in [0.717, 1.165) is 30.4 Å². The Labute approximate surface area is 122 Å². The van der Waals surface area contributed by atoms with Gasteiger partial charge in [-0.25, -0.2) is 0 Å². The van der Waals surface area contributed by atoms with Crippen LogP contribution < -0.4 is 10.1 Å². The van der Waals surface area contributed by atoms with E-state index in [-0.39, 0.29) is 6.10 Å². The van der Waals surface area contributed by atoms with Crippen molar-refractivity contribution in [3.8, 4) is 5.75 Å². The van der Waals surface area contributed by atoms with Crippen molar-refractivity contribution >= 4 is 5.69 Å². The molecule has 1 aliphatic carbocycles. The van der Waals surface area contributed by atoms with Crippen molar-refractivity contribution in [2.45, 2.75) is 38.2 Å². The molecular weight excluding hydrogens is 248 g/mol. The van der Waals surface area contributed by atoms with Gasteiger partial charge in [-0.05, 0) is 37.9 Å². The summed E-state index contributed by atoms with van der Waals surface area (Å²) in [5, 5.41) is 3.47. The lowest BCUT2D eigenvalue weighted by Gasteiger charge is -2.32. The number of likely N-dealkylation sites (N-methyl/N-ethyl adjacent to an activating group) is 1. The first-order chi connectivity index (χ1) is 9.81. The first kappa shape index (κ1) is 13.7. The first-order valence-corrected chi connectivity index (χ1v) is 7.99. The summed E-state index contributed by atoms with van der Waals surface area (Å²) < 4.78 is 6.09. The van der Waals surface area contributed by atoms with Crippen LogP contribution in [0.15, 0.2) is 24.3 Å². The first-order valence-electron chi connectivity index (χ1n) is 7.99. The number of anilines is 1. The Morgan fingerprint density at radius 1 is 1.15 bits per heavy atom. The van der Waals surface area contributed by atoms with Crippen LogP contribution in [-0.4, -0.2) is 37.7 Å². The fourth-order valence-electron chi connectivity index (χ4n) is 3.49. The lowest BCUT2D eigenvalue weighted by atomic mass is 9.89. The topological polar surface area (TPSA) is 24.5 Å². The van der Waals surface area contributed by atoms with Gasteiger partial charge in [-0.3, -0.25) is 0 Å². The minimum atomic E-state index is 0.262. The molecule has 0 amide bonds. The molecule has 1 aliphatic heterocycles. The molecule has 0 radical (unpaired) electrons. The van der Waals surface area contributed by atoms with E-state index < -0.39 is 0 Å². The van der Waals surface area contributed by atoms with Gasteiger partial charge in [0.25, 0.3) is 0 Å². The fourth-order valence-corrected chi connectivity index (χ4v) is 3.49. The van der Waals surface area contributed by atoms with Gasteiger partial charge in [0, 0.05) is 13.1 Å². The van der Waals surface area contributed by atoms with Gasteiger partial charge in [-0.1, -0.05) is 31.4 Å². The molecule has 0 saturated heterocycles. The Morgan fingerprint density at radius 3 is 2.80 bits per heavy atom.